The molecule has 0 saturated heterocycles. The van der Waals surface area contributed by atoms with Gasteiger partial charge < -0.3 is 0 Å². The van der Waals surface area contributed by atoms with E-state index < -0.39 is 11.6 Å². The second kappa shape index (κ2) is 19.2. The SMILES string of the molecule is CCCC(=O)[C@@H]1CCCC[C@@H]1Cc1nc(C2=CCc3ncc(Cl)cc32)ncc1F.CCCC(=O)[C@@H]1CCCC[C@@H]1Cc1nc(C2=CCc3ncc(Cl)cc32)ncc1F. The van der Waals surface area contributed by atoms with Gasteiger partial charge in [0.25, 0.3) is 0 Å². The number of carbonyl (C=O) groups excluding carboxylic acids is 2. The van der Waals surface area contributed by atoms with Crippen LogP contribution >= 0.6 is 23.2 Å². The van der Waals surface area contributed by atoms with Gasteiger partial charge in [0.2, 0.25) is 0 Å². The summed E-state index contributed by atoms with van der Waals surface area (Å²) in [5.41, 5.74) is 6.17. The molecule has 4 aliphatic carbocycles. The van der Waals surface area contributed by atoms with Crippen LogP contribution in [0, 0.1) is 35.3 Å². The Hall–Kier alpha value is -4.28. The summed E-state index contributed by atoms with van der Waals surface area (Å²) in [7, 11) is 0. The number of Topliss-reactive ketones (excluding diaryl/α,β-unsaturated/α-hetero) is 2. The van der Waals surface area contributed by atoms with Gasteiger partial charge in [0.1, 0.15) is 11.6 Å². The lowest BCUT2D eigenvalue weighted by atomic mass is 9.74. The largest absolute Gasteiger partial charge is 0.299 e. The molecule has 2 fully saturated rings. The minimum absolute atomic E-state index is 0.0240. The summed E-state index contributed by atoms with van der Waals surface area (Å²) in [5.74, 6) is 1.19. The molecular weight excluding hydrogens is 777 g/mol. The van der Waals surface area contributed by atoms with E-state index in [0.717, 1.165) is 97.9 Å². The average Bonchev–Trinajstić information content (AvgIpc) is 3.84. The minimum atomic E-state index is -0.399. The van der Waals surface area contributed by atoms with Gasteiger partial charge in [0, 0.05) is 72.2 Å². The zero-order valence-electron chi connectivity index (χ0n) is 33.3. The van der Waals surface area contributed by atoms with Crippen molar-refractivity contribution >= 4 is 45.9 Å². The number of carbonyl (C=O) groups is 2. The van der Waals surface area contributed by atoms with Crippen LogP contribution in [0.5, 0.6) is 0 Å². The van der Waals surface area contributed by atoms with Crippen LogP contribution in [0.4, 0.5) is 8.78 Å². The molecule has 0 radical (unpaired) electrons. The number of nitrogens with zero attached hydrogens (tertiary/aromatic N) is 6. The summed E-state index contributed by atoms with van der Waals surface area (Å²) in [6, 6.07) is 3.71. The normalized spacial score (nSPS) is 21.0. The van der Waals surface area contributed by atoms with Gasteiger partial charge in [0.15, 0.2) is 23.3 Å². The summed E-state index contributed by atoms with van der Waals surface area (Å²) in [6.07, 6.45) is 23.1. The molecule has 4 heterocycles. The number of pyridine rings is 2. The third kappa shape index (κ3) is 9.60. The fourth-order valence-electron chi connectivity index (χ4n) is 9.23. The Balaban J connectivity index is 0.000000177. The first-order valence-corrected chi connectivity index (χ1v) is 21.7. The fourth-order valence-corrected chi connectivity index (χ4v) is 9.55. The summed E-state index contributed by atoms with van der Waals surface area (Å²) in [6.45, 7) is 4.06. The molecule has 2 saturated carbocycles. The highest BCUT2D eigenvalue weighted by atomic mass is 35.5. The van der Waals surface area contributed by atoms with E-state index in [1.807, 2.05) is 38.1 Å². The zero-order chi connectivity index (χ0) is 40.8. The van der Waals surface area contributed by atoms with Crippen molar-refractivity contribution in [1.82, 2.24) is 29.9 Å². The van der Waals surface area contributed by atoms with Crippen LogP contribution in [0.2, 0.25) is 10.0 Å². The van der Waals surface area contributed by atoms with Crippen LogP contribution in [0.15, 0.2) is 49.1 Å². The maximum absolute atomic E-state index is 14.6. The Morgan fingerprint density at radius 1 is 0.621 bits per heavy atom. The monoisotopic (exact) mass is 826 g/mol. The third-order valence-electron chi connectivity index (χ3n) is 12.1. The zero-order valence-corrected chi connectivity index (χ0v) is 34.8. The van der Waals surface area contributed by atoms with E-state index in [9.17, 15) is 18.4 Å². The first-order valence-electron chi connectivity index (χ1n) is 20.9. The molecule has 8 rings (SSSR count). The van der Waals surface area contributed by atoms with E-state index in [-0.39, 0.29) is 23.7 Å². The van der Waals surface area contributed by atoms with Gasteiger partial charge in [-0.1, -0.05) is 74.9 Å². The van der Waals surface area contributed by atoms with E-state index in [0.29, 0.717) is 83.2 Å². The molecule has 4 atom stereocenters. The third-order valence-corrected chi connectivity index (χ3v) is 12.5. The smallest absolute Gasteiger partial charge is 0.163 e. The van der Waals surface area contributed by atoms with E-state index in [4.69, 9.17) is 23.2 Å². The molecule has 8 nitrogen and oxygen atoms in total. The van der Waals surface area contributed by atoms with Crippen LogP contribution in [-0.2, 0) is 35.3 Å². The van der Waals surface area contributed by atoms with Crippen molar-refractivity contribution in [3.63, 3.8) is 0 Å². The van der Waals surface area contributed by atoms with E-state index in [2.05, 4.69) is 29.9 Å². The Labute approximate surface area is 349 Å². The van der Waals surface area contributed by atoms with Gasteiger partial charge in [0.05, 0.1) is 45.2 Å². The molecular formula is C46H50Cl2F2N6O2. The predicted octanol–water partition coefficient (Wildman–Crippen LogP) is 10.7. The molecule has 0 aliphatic heterocycles. The van der Waals surface area contributed by atoms with Gasteiger partial charge in [-0.2, -0.15) is 0 Å². The van der Waals surface area contributed by atoms with Gasteiger partial charge in [-0.25, -0.2) is 28.7 Å². The van der Waals surface area contributed by atoms with Crippen molar-refractivity contribution in [2.75, 3.05) is 0 Å². The summed E-state index contributed by atoms with van der Waals surface area (Å²) in [5, 5.41) is 1.11. The second-order valence-electron chi connectivity index (χ2n) is 16.1. The van der Waals surface area contributed by atoms with Crippen LogP contribution in [0.1, 0.15) is 136 Å². The Bertz CT molecular complexity index is 2070. The molecule has 0 spiro atoms. The minimum Gasteiger partial charge on any atom is -0.299 e. The highest BCUT2D eigenvalue weighted by molar-refractivity contribution is 6.31. The van der Waals surface area contributed by atoms with Crippen molar-refractivity contribution in [2.24, 2.45) is 23.7 Å². The molecule has 4 aromatic rings. The lowest BCUT2D eigenvalue weighted by Gasteiger charge is -2.30. The lowest BCUT2D eigenvalue weighted by Crippen LogP contribution is -2.29. The maximum Gasteiger partial charge on any atom is 0.163 e. The molecule has 4 aromatic heterocycles. The van der Waals surface area contributed by atoms with E-state index in [1.54, 1.807) is 12.4 Å². The number of halogens is 4. The van der Waals surface area contributed by atoms with Crippen molar-refractivity contribution in [2.45, 2.75) is 117 Å². The number of rotatable bonds is 12. The summed E-state index contributed by atoms with van der Waals surface area (Å²) >= 11 is 12.2. The maximum atomic E-state index is 14.6. The van der Waals surface area contributed by atoms with Gasteiger partial charge >= 0.3 is 0 Å². The average molecular weight is 828 g/mol. The van der Waals surface area contributed by atoms with Gasteiger partial charge in [-0.15, -0.1) is 0 Å². The number of fused-ring (bicyclic) bond motifs is 2. The highest BCUT2D eigenvalue weighted by Gasteiger charge is 2.33. The molecule has 12 heteroatoms. The second-order valence-corrected chi connectivity index (χ2v) is 16.9. The van der Waals surface area contributed by atoms with Crippen LogP contribution < -0.4 is 0 Å². The molecule has 0 N–H and O–H groups in total. The molecule has 0 unspecified atom stereocenters. The van der Waals surface area contributed by atoms with E-state index in [1.165, 1.54) is 12.4 Å². The number of aromatic nitrogens is 6. The Kier molecular flexibility index (Phi) is 13.9. The van der Waals surface area contributed by atoms with E-state index >= 15 is 0 Å². The first-order chi connectivity index (χ1) is 28.1. The van der Waals surface area contributed by atoms with Gasteiger partial charge in [-0.05, 0) is 75.3 Å². The Morgan fingerprint density at radius 3 is 1.45 bits per heavy atom. The van der Waals surface area contributed by atoms with Crippen LogP contribution in [-0.4, -0.2) is 41.5 Å². The quantitative estimate of drug-likeness (QED) is 0.139. The predicted molar refractivity (Wildman–Crippen MR) is 222 cm³/mol. The standard InChI is InChI=1S/2C23H25ClFN3O/c2*1-2-5-22(29)16-7-4-3-6-14(16)10-21-19(25)13-27-23(28-21)17-8-9-20-18(17)11-15(24)12-26-20/h2*8,11-14,16H,2-7,9-10H2,1H3/t2*14-,16-/m11/s1. The molecule has 0 aromatic carbocycles. The highest BCUT2D eigenvalue weighted by Crippen LogP contribution is 2.38. The fraction of sp³-hybridized carbons (Fsp3) is 0.478. The molecule has 58 heavy (non-hydrogen) atoms. The number of hydrogen-bond acceptors (Lipinski definition) is 8. The van der Waals surface area contributed by atoms with Crippen LogP contribution in [0.25, 0.3) is 11.1 Å². The molecule has 304 valence electrons. The van der Waals surface area contributed by atoms with Crippen molar-refractivity contribution in [3.05, 3.63) is 116 Å². The summed E-state index contributed by atoms with van der Waals surface area (Å²) < 4.78 is 29.2. The molecule has 0 bridgehead atoms. The van der Waals surface area contributed by atoms with Gasteiger partial charge in [-0.3, -0.25) is 19.6 Å². The molecule has 0 amide bonds. The summed E-state index contributed by atoms with van der Waals surface area (Å²) in [4.78, 5) is 51.5. The van der Waals surface area contributed by atoms with Crippen LogP contribution in [0.3, 0.4) is 0 Å². The number of hydrogen-bond donors (Lipinski definition) is 0. The van der Waals surface area contributed by atoms with Crippen molar-refractivity contribution in [3.8, 4) is 0 Å². The topological polar surface area (TPSA) is 111 Å². The lowest BCUT2D eigenvalue weighted by molar-refractivity contribution is -0.126. The number of allylic oxidation sites excluding steroid dienone is 2. The Morgan fingerprint density at radius 2 is 1.03 bits per heavy atom. The first kappa shape index (κ1) is 41.9. The molecule has 4 aliphatic rings. The number of ketones is 2. The van der Waals surface area contributed by atoms with Crippen molar-refractivity contribution < 1.29 is 18.4 Å². The van der Waals surface area contributed by atoms with Crippen molar-refractivity contribution in [1.29, 1.82) is 0 Å².